The fourth-order valence-electron chi connectivity index (χ4n) is 3.09. The van der Waals surface area contributed by atoms with Crippen LogP contribution >= 0.6 is 0 Å². The first-order valence-corrected chi connectivity index (χ1v) is 8.59. The zero-order valence-corrected chi connectivity index (χ0v) is 15.3. The molecule has 1 heterocycles. The van der Waals surface area contributed by atoms with Gasteiger partial charge in [0, 0.05) is 18.7 Å². The van der Waals surface area contributed by atoms with E-state index in [-0.39, 0.29) is 24.3 Å². The summed E-state index contributed by atoms with van der Waals surface area (Å²) in [6, 6.07) is 10.9. The second kappa shape index (κ2) is 7.83. The molecule has 1 unspecified atom stereocenters. The topological polar surface area (TPSA) is 82.4 Å². The van der Waals surface area contributed by atoms with Crippen molar-refractivity contribution in [2.45, 2.75) is 12.6 Å². The Hall–Kier alpha value is -3.54. The molecule has 1 N–H and O–H groups in total. The van der Waals surface area contributed by atoms with Crippen LogP contribution in [0.5, 0.6) is 5.75 Å². The average molecular weight is 403 g/mol. The maximum atomic E-state index is 12.9. The lowest BCUT2D eigenvalue weighted by Crippen LogP contribution is -2.28. The van der Waals surface area contributed by atoms with E-state index in [0.29, 0.717) is 11.3 Å². The Morgan fingerprint density at radius 3 is 2.69 bits per heavy atom. The Balaban J connectivity index is 1.77. The molecule has 2 aromatic carbocycles. The Morgan fingerprint density at radius 2 is 2.03 bits per heavy atom. The normalized spacial score (nSPS) is 16.4. The predicted molar refractivity (Wildman–Crippen MR) is 98.2 cm³/mol. The van der Waals surface area contributed by atoms with Crippen molar-refractivity contribution in [3.63, 3.8) is 0 Å². The smallest absolute Gasteiger partial charge is 0.416 e. The van der Waals surface area contributed by atoms with Gasteiger partial charge in [0.05, 0.1) is 35.9 Å². The lowest BCUT2D eigenvalue weighted by Gasteiger charge is -2.18. The average Bonchev–Trinajstić information content (AvgIpc) is 3.09. The highest BCUT2D eigenvalue weighted by atomic mass is 19.4. The first-order chi connectivity index (χ1) is 13.7. The van der Waals surface area contributed by atoms with Gasteiger partial charge < -0.3 is 15.0 Å². The number of carbonyl (C=O) groups excluding carboxylic acids is 2. The Kier molecular flexibility index (Phi) is 5.46. The summed E-state index contributed by atoms with van der Waals surface area (Å²) in [5.41, 5.74) is -0.186. The van der Waals surface area contributed by atoms with E-state index in [4.69, 9.17) is 10.00 Å². The van der Waals surface area contributed by atoms with E-state index in [1.54, 1.807) is 0 Å². The monoisotopic (exact) mass is 403 g/mol. The molecule has 1 saturated heterocycles. The molecule has 1 atom stereocenters. The first kappa shape index (κ1) is 20.2. The van der Waals surface area contributed by atoms with E-state index < -0.39 is 29.5 Å². The number of hydrogen-bond donors (Lipinski definition) is 1. The van der Waals surface area contributed by atoms with E-state index in [0.717, 1.165) is 12.1 Å². The fourth-order valence-corrected chi connectivity index (χ4v) is 3.09. The van der Waals surface area contributed by atoms with Gasteiger partial charge in [-0.2, -0.15) is 18.4 Å². The quantitative estimate of drug-likeness (QED) is 0.846. The first-order valence-electron chi connectivity index (χ1n) is 8.59. The van der Waals surface area contributed by atoms with Crippen LogP contribution in [0.4, 0.5) is 24.5 Å². The number of ether oxygens (including phenoxy) is 1. The van der Waals surface area contributed by atoms with Crippen LogP contribution in [0.25, 0.3) is 0 Å². The number of anilines is 2. The number of hydrogen-bond acceptors (Lipinski definition) is 4. The molecule has 0 saturated carbocycles. The van der Waals surface area contributed by atoms with Crippen LogP contribution < -0.4 is 15.0 Å². The van der Waals surface area contributed by atoms with Gasteiger partial charge in [-0.1, -0.05) is 6.07 Å². The van der Waals surface area contributed by atoms with Crippen LogP contribution in [-0.2, 0) is 15.8 Å². The zero-order valence-electron chi connectivity index (χ0n) is 15.3. The molecule has 150 valence electrons. The molecule has 0 aromatic heterocycles. The minimum atomic E-state index is -4.53. The van der Waals surface area contributed by atoms with Gasteiger partial charge in [-0.15, -0.1) is 0 Å². The molecule has 0 radical (unpaired) electrons. The van der Waals surface area contributed by atoms with Crippen molar-refractivity contribution in [3.05, 3.63) is 53.6 Å². The minimum absolute atomic E-state index is 0.0494. The highest BCUT2D eigenvalue weighted by molar-refractivity contribution is 6.04. The summed E-state index contributed by atoms with van der Waals surface area (Å²) in [7, 11) is 1.41. The highest BCUT2D eigenvalue weighted by Gasteiger charge is 2.37. The van der Waals surface area contributed by atoms with Crippen molar-refractivity contribution in [2.75, 3.05) is 23.9 Å². The summed E-state index contributed by atoms with van der Waals surface area (Å²) in [5.74, 6) is -1.34. The van der Waals surface area contributed by atoms with Gasteiger partial charge >= 0.3 is 6.18 Å². The summed E-state index contributed by atoms with van der Waals surface area (Å²) < 4.78 is 43.9. The van der Waals surface area contributed by atoms with Gasteiger partial charge in [0.2, 0.25) is 11.8 Å². The number of amides is 2. The number of nitrogens with one attached hydrogen (secondary N) is 1. The summed E-state index contributed by atoms with van der Waals surface area (Å²) in [6.07, 6.45) is -4.67. The summed E-state index contributed by atoms with van der Waals surface area (Å²) in [4.78, 5) is 26.1. The highest BCUT2D eigenvalue weighted by Crippen LogP contribution is 2.34. The third kappa shape index (κ3) is 4.32. The molecule has 1 aliphatic rings. The molecule has 0 spiro atoms. The van der Waals surface area contributed by atoms with E-state index in [2.05, 4.69) is 5.32 Å². The van der Waals surface area contributed by atoms with Crippen LogP contribution in [0.1, 0.15) is 17.5 Å². The van der Waals surface area contributed by atoms with Gasteiger partial charge in [-0.25, -0.2) is 0 Å². The van der Waals surface area contributed by atoms with E-state index in [1.807, 2.05) is 6.07 Å². The van der Waals surface area contributed by atoms with Crippen LogP contribution in [0.2, 0.25) is 0 Å². The fraction of sp³-hybridized carbons (Fsp3) is 0.250. The molecule has 1 fully saturated rings. The van der Waals surface area contributed by atoms with E-state index in [9.17, 15) is 22.8 Å². The van der Waals surface area contributed by atoms with E-state index in [1.165, 1.54) is 42.3 Å². The van der Waals surface area contributed by atoms with Crippen molar-refractivity contribution in [2.24, 2.45) is 5.92 Å². The molecular weight excluding hydrogens is 387 g/mol. The molecule has 6 nitrogen and oxygen atoms in total. The van der Waals surface area contributed by atoms with Crippen molar-refractivity contribution in [1.29, 1.82) is 5.26 Å². The number of methoxy groups -OCH3 is 1. The van der Waals surface area contributed by atoms with Crippen LogP contribution in [0, 0.1) is 17.2 Å². The molecule has 0 bridgehead atoms. The zero-order chi connectivity index (χ0) is 21.2. The lowest BCUT2D eigenvalue weighted by atomic mass is 10.1. The molecule has 2 amide bonds. The summed E-state index contributed by atoms with van der Waals surface area (Å²) >= 11 is 0. The van der Waals surface area contributed by atoms with Gasteiger partial charge in [0.15, 0.2) is 0 Å². The Morgan fingerprint density at radius 1 is 1.28 bits per heavy atom. The molecule has 3 rings (SSSR count). The maximum absolute atomic E-state index is 12.9. The SMILES string of the molecule is COc1ccc(C#N)cc1NC(=O)C1CC(=O)N(c2cccc(C(F)(F)F)c2)C1. The lowest BCUT2D eigenvalue weighted by molar-refractivity contribution is -0.137. The van der Waals surface area contributed by atoms with Gasteiger partial charge in [0.1, 0.15) is 5.75 Å². The van der Waals surface area contributed by atoms with E-state index >= 15 is 0 Å². The molecule has 29 heavy (non-hydrogen) atoms. The number of nitrogens with zero attached hydrogens (tertiary/aromatic N) is 2. The predicted octanol–water partition coefficient (Wildman–Crippen LogP) is 3.58. The molecule has 1 aliphatic heterocycles. The van der Waals surface area contributed by atoms with Gasteiger partial charge in [-0.3, -0.25) is 9.59 Å². The van der Waals surface area contributed by atoms with Crippen molar-refractivity contribution in [3.8, 4) is 11.8 Å². The molecular formula is C20H16F3N3O3. The number of nitriles is 1. The van der Waals surface area contributed by atoms with Crippen molar-refractivity contribution < 1.29 is 27.5 Å². The Bertz CT molecular complexity index is 998. The number of halogens is 3. The second-order valence-corrected chi connectivity index (χ2v) is 6.47. The molecule has 0 aliphatic carbocycles. The van der Waals surface area contributed by atoms with Gasteiger partial charge in [-0.05, 0) is 36.4 Å². The van der Waals surface area contributed by atoms with Crippen molar-refractivity contribution >= 4 is 23.2 Å². The van der Waals surface area contributed by atoms with Crippen LogP contribution in [-0.4, -0.2) is 25.5 Å². The summed E-state index contributed by atoms with van der Waals surface area (Å²) in [6.45, 7) is -0.0494. The molecule has 9 heteroatoms. The molecule has 2 aromatic rings. The minimum Gasteiger partial charge on any atom is -0.495 e. The number of benzene rings is 2. The number of alkyl halides is 3. The van der Waals surface area contributed by atoms with Crippen LogP contribution in [0.3, 0.4) is 0 Å². The second-order valence-electron chi connectivity index (χ2n) is 6.47. The van der Waals surface area contributed by atoms with Crippen LogP contribution in [0.15, 0.2) is 42.5 Å². The number of carbonyl (C=O) groups is 2. The van der Waals surface area contributed by atoms with Crippen molar-refractivity contribution in [1.82, 2.24) is 0 Å². The maximum Gasteiger partial charge on any atom is 0.416 e. The standard InChI is InChI=1S/C20H16F3N3O3/c1-29-17-6-5-12(10-24)7-16(17)25-19(28)13-8-18(27)26(11-13)15-4-2-3-14(9-15)20(21,22)23/h2-7,9,13H,8,11H2,1H3,(H,25,28). The number of rotatable bonds is 4. The summed E-state index contributed by atoms with van der Waals surface area (Å²) in [5, 5.41) is 11.6. The third-order valence-electron chi connectivity index (χ3n) is 4.57. The largest absolute Gasteiger partial charge is 0.495 e. The third-order valence-corrected chi connectivity index (χ3v) is 4.57. The van der Waals surface area contributed by atoms with Gasteiger partial charge in [0.25, 0.3) is 0 Å². The Labute approximate surface area is 164 Å².